The number of nitrogens with zero attached hydrogens (tertiary/aromatic N) is 4. The van der Waals surface area contributed by atoms with Crippen LogP contribution >= 0.6 is 0 Å². The summed E-state index contributed by atoms with van der Waals surface area (Å²) in [5.74, 6) is 0.239. The molecule has 1 atom stereocenters. The molecule has 2 heterocycles. The molecule has 1 aliphatic heterocycles. The van der Waals surface area contributed by atoms with Crippen molar-refractivity contribution in [3.8, 4) is 0 Å². The predicted molar refractivity (Wildman–Crippen MR) is 106 cm³/mol. The van der Waals surface area contributed by atoms with Crippen LogP contribution < -0.4 is 9.80 Å². The van der Waals surface area contributed by atoms with Crippen LogP contribution in [0.1, 0.15) is 43.2 Å². The molecule has 5 nitrogen and oxygen atoms in total. The second-order valence-electron chi connectivity index (χ2n) is 7.69. The first kappa shape index (κ1) is 21.1. The summed E-state index contributed by atoms with van der Waals surface area (Å²) in [6.07, 6.45) is -0.976. The first-order valence-electron chi connectivity index (χ1n) is 9.60. The standard InChI is InChI=1S/C21H25F3N4O/c1-13(8-14(2)29)15-4-6-16(7-5-15)17-10-28(11-17)20-18(22)9-25-21(26-20)27(3)12-19(23)24/h4-7,9,13,17,19H,8,10-12H2,1-3H3/t13-/m1/s1. The lowest BCUT2D eigenvalue weighted by atomic mass is 9.88. The maximum absolute atomic E-state index is 14.2. The van der Waals surface area contributed by atoms with Crippen LogP contribution in [0, 0.1) is 5.82 Å². The molecule has 1 aliphatic rings. The maximum atomic E-state index is 14.2. The zero-order valence-electron chi connectivity index (χ0n) is 16.8. The van der Waals surface area contributed by atoms with Crippen LogP contribution in [-0.2, 0) is 4.79 Å². The summed E-state index contributed by atoms with van der Waals surface area (Å²) in [7, 11) is 1.46. The van der Waals surface area contributed by atoms with Crippen LogP contribution in [0.2, 0.25) is 0 Å². The molecule has 156 valence electrons. The molecule has 0 N–H and O–H groups in total. The van der Waals surface area contributed by atoms with Crippen molar-refractivity contribution in [1.82, 2.24) is 9.97 Å². The highest BCUT2D eigenvalue weighted by atomic mass is 19.3. The topological polar surface area (TPSA) is 49.3 Å². The molecule has 3 rings (SSSR count). The molecule has 29 heavy (non-hydrogen) atoms. The van der Waals surface area contributed by atoms with Gasteiger partial charge >= 0.3 is 0 Å². The van der Waals surface area contributed by atoms with Gasteiger partial charge in [0.1, 0.15) is 5.78 Å². The number of alkyl halides is 2. The van der Waals surface area contributed by atoms with E-state index in [-0.39, 0.29) is 29.4 Å². The Hall–Kier alpha value is -2.64. The van der Waals surface area contributed by atoms with E-state index >= 15 is 0 Å². The van der Waals surface area contributed by atoms with Gasteiger partial charge in [-0.05, 0) is 24.0 Å². The SMILES string of the molecule is CC(=O)C[C@@H](C)c1ccc(C2CN(c3nc(N(C)CC(F)F)ncc3F)C2)cc1. The van der Waals surface area contributed by atoms with E-state index in [0.29, 0.717) is 19.5 Å². The molecular formula is C21H25F3N4O. The van der Waals surface area contributed by atoms with Crippen molar-refractivity contribution < 1.29 is 18.0 Å². The number of halogens is 3. The molecule has 0 aliphatic carbocycles. The van der Waals surface area contributed by atoms with E-state index in [1.165, 1.54) is 11.9 Å². The van der Waals surface area contributed by atoms with Gasteiger partial charge in [0, 0.05) is 32.5 Å². The van der Waals surface area contributed by atoms with E-state index in [9.17, 15) is 18.0 Å². The maximum Gasteiger partial charge on any atom is 0.255 e. The lowest BCUT2D eigenvalue weighted by molar-refractivity contribution is -0.117. The number of benzene rings is 1. The van der Waals surface area contributed by atoms with Crippen molar-refractivity contribution in [1.29, 1.82) is 0 Å². The molecule has 0 bridgehead atoms. The zero-order chi connectivity index (χ0) is 21.1. The molecule has 0 spiro atoms. The molecule has 8 heteroatoms. The number of carbonyl (C=O) groups excluding carboxylic acids is 1. The van der Waals surface area contributed by atoms with Crippen molar-refractivity contribution >= 4 is 17.5 Å². The summed E-state index contributed by atoms with van der Waals surface area (Å²) in [6.45, 7) is 4.30. The van der Waals surface area contributed by atoms with Gasteiger partial charge in [-0.1, -0.05) is 31.2 Å². The van der Waals surface area contributed by atoms with E-state index in [2.05, 4.69) is 9.97 Å². The second kappa shape index (κ2) is 8.80. The number of anilines is 2. The van der Waals surface area contributed by atoms with Gasteiger partial charge in [-0.15, -0.1) is 0 Å². The number of aromatic nitrogens is 2. The van der Waals surface area contributed by atoms with Crippen LogP contribution in [0.3, 0.4) is 0 Å². The summed E-state index contributed by atoms with van der Waals surface area (Å²) in [6, 6.07) is 8.17. The van der Waals surface area contributed by atoms with Gasteiger partial charge in [0.2, 0.25) is 5.95 Å². The lowest BCUT2D eigenvalue weighted by Gasteiger charge is -2.40. The van der Waals surface area contributed by atoms with Crippen LogP contribution in [0.5, 0.6) is 0 Å². The van der Waals surface area contributed by atoms with E-state index in [1.54, 1.807) is 11.8 Å². The number of Topliss-reactive ketones (excluding diaryl/α,β-unsaturated/α-hetero) is 1. The smallest absolute Gasteiger partial charge is 0.255 e. The first-order valence-corrected chi connectivity index (χ1v) is 9.60. The van der Waals surface area contributed by atoms with Gasteiger partial charge in [0.05, 0.1) is 12.7 Å². The average Bonchev–Trinajstić information content (AvgIpc) is 2.61. The zero-order valence-corrected chi connectivity index (χ0v) is 16.8. The number of hydrogen-bond donors (Lipinski definition) is 0. The molecule has 1 aromatic carbocycles. The first-order chi connectivity index (χ1) is 13.7. The highest BCUT2D eigenvalue weighted by molar-refractivity contribution is 5.76. The Morgan fingerprint density at radius 2 is 1.93 bits per heavy atom. The fourth-order valence-corrected chi connectivity index (χ4v) is 3.55. The van der Waals surface area contributed by atoms with Crippen molar-refractivity contribution in [3.05, 3.63) is 47.4 Å². The third kappa shape index (κ3) is 5.05. The van der Waals surface area contributed by atoms with Gasteiger partial charge < -0.3 is 14.6 Å². The van der Waals surface area contributed by atoms with Gasteiger partial charge in [0.25, 0.3) is 6.43 Å². The molecular weight excluding hydrogens is 381 g/mol. The van der Waals surface area contributed by atoms with Crippen molar-refractivity contribution in [3.63, 3.8) is 0 Å². The summed E-state index contributed by atoms with van der Waals surface area (Å²) >= 11 is 0. The van der Waals surface area contributed by atoms with Crippen LogP contribution in [0.25, 0.3) is 0 Å². The third-order valence-electron chi connectivity index (χ3n) is 5.22. The van der Waals surface area contributed by atoms with Gasteiger partial charge in [-0.3, -0.25) is 0 Å². The highest BCUT2D eigenvalue weighted by Gasteiger charge is 2.31. The summed E-state index contributed by atoms with van der Waals surface area (Å²) in [5.41, 5.74) is 2.26. The average molecular weight is 406 g/mol. The largest absolute Gasteiger partial charge is 0.353 e. The van der Waals surface area contributed by atoms with Gasteiger partial charge in [0.15, 0.2) is 11.6 Å². The molecule has 2 aromatic rings. The fourth-order valence-electron chi connectivity index (χ4n) is 3.55. The number of hydrogen-bond acceptors (Lipinski definition) is 5. The normalized spacial score (nSPS) is 15.3. The van der Waals surface area contributed by atoms with Crippen LogP contribution in [0.4, 0.5) is 24.9 Å². The van der Waals surface area contributed by atoms with Crippen molar-refractivity contribution in [2.45, 2.75) is 38.5 Å². The summed E-state index contributed by atoms with van der Waals surface area (Å²) < 4.78 is 39.3. The van der Waals surface area contributed by atoms with Crippen molar-refractivity contribution in [2.75, 3.05) is 36.5 Å². The Kier molecular flexibility index (Phi) is 6.39. The molecule has 0 amide bonds. The van der Waals surface area contributed by atoms with Gasteiger partial charge in [-0.2, -0.15) is 4.98 Å². The Bertz CT molecular complexity index is 854. The molecule has 0 saturated carbocycles. The molecule has 1 fully saturated rings. The van der Waals surface area contributed by atoms with E-state index in [1.807, 2.05) is 31.2 Å². The Labute approximate surface area is 168 Å². The minimum atomic E-state index is -2.52. The molecule has 1 aromatic heterocycles. The molecule has 1 saturated heterocycles. The number of carbonyl (C=O) groups is 1. The van der Waals surface area contributed by atoms with E-state index in [4.69, 9.17) is 0 Å². The molecule has 0 unspecified atom stereocenters. The summed E-state index contributed by atoms with van der Waals surface area (Å²) in [4.78, 5) is 22.2. The molecule has 0 radical (unpaired) electrons. The number of ketones is 1. The van der Waals surface area contributed by atoms with Crippen LogP contribution in [0.15, 0.2) is 30.5 Å². The van der Waals surface area contributed by atoms with E-state index in [0.717, 1.165) is 17.3 Å². The minimum absolute atomic E-state index is 0.0777. The van der Waals surface area contributed by atoms with Gasteiger partial charge in [-0.25, -0.2) is 18.2 Å². The van der Waals surface area contributed by atoms with Crippen molar-refractivity contribution in [2.24, 2.45) is 0 Å². The Balaban J connectivity index is 1.64. The minimum Gasteiger partial charge on any atom is -0.353 e. The quantitative estimate of drug-likeness (QED) is 0.663. The highest BCUT2D eigenvalue weighted by Crippen LogP contribution is 2.33. The Morgan fingerprint density at radius 1 is 1.28 bits per heavy atom. The second-order valence-corrected chi connectivity index (χ2v) is 7.69. The monoisotopic (exact) mass is 406 g/mol. The fraction of sp³-hybridized carbons (Fsp3) is 0.476. The Morgan fingerprint density at radius 3 is 2.52 bits per heavy atom. The number of rotatable bonds is 8. The summed E-state index contributed by atoms with van der Waals surface area (Å²) in [5, 5.41) is 0. The third-order valence-corrected chi connectivity index (χ3v) is 5.22. The lowest BCUT2D eigenvalue weighted by Crippen LogP contribution is -2.46. The predicted octanol–water partition coefficient (Wildman–Crippen LogP) is 4.00. The van der Waals surface area contributed by atoms with Crippen LogP contribution in [-0.4, -0.2) is 48.9 Å². The van der Waals surface area contributed by atoms with E-state index < -0.39 is 18.8 Å².